The fraction of sp³-hybridized carbons (Fsp3) is 0.500. The molecule has 17 heavy (non-hydrogen) atoms. The van der Waals surface area contributed by atoms with Gasteiger partial charge in [0.25, 0.3) is 0 Å². The van der Waals surface area contributed by atoms with E-state index in [2.05, 4.69) is 0 Å². The van der Waals surface area contributed by atoms with Crippen molar-refractivity contribution in [3.8, 4) is 5.75 Å². The number of hydrogen-bond acceptors (Lipinski definition) is 2. The van der Waals surface area contributed by atoms with Gasteiger partial charge >= 0.3 is 5.97 Å². The van der Waals surface area contributed by atoms with Gasteiger partial charge in [-0.25, -0.2) is 0 Å². The molecule has 3 unspecified atom stereocenters. The maximum absolute atomic E-state index is 11.3. The summed E-state index contributed by atoms with van der Waals surface area (Å²) in [4.78, 5) is 11.3. The molecule has 2 saturated carbocycles. The first-order chi connectivity index (χ1) is 8.20. The summed E-state index contributed by atoms with van der Waals surface area (Å²) < 4.78 is 5.92. The summed E-state index contributed by atoms with van der Waals surface area (Å²) in [6, 6.07) is 9.69. The summed E-state index contributed by atoms with van der Waals surface area (Å²) in [7, 11) is 0. The highest BCUT2D eigenvalue weighted by Gasteiger charge is 2.56. The maximum atomic E-state index is 11.3. The van der Waals surface area contributed by atoms with Crippen molar-refractivity contribution < 1.29 is 14.6 Å². The van der Waals surface area contributed by atoms with Crippen LogP contribution in [0.2, 0.25) is 0 Å². The minimum atomic E-state index is -0.640. The first-order valence-corrected chi connectivity index (χ1v) is 6.15. The van der Waals surface area contributed by atoms with Crippen molar-refractivity contribution in [1.29, 1.82) is 0 Å². The minimum absolute atomic E-state index is 0.0854. The lowest BCUT2D eigenvalue weighted by atomic mass is 9.83. The number of hydrogen-bond donors (Lipinski definition) is 1. The van der Waals surface area contributed by atoms with E-state index in [1.165, 1.54) is 0 Å². The van der Waals surface area contributed by atoms with Crippen LogP contribution < -0.4 is 4.74 Å². The average molecular weight is 232 g/mol. The second kappa shape index (κ2) is 3.76. The van der Waals surface area contributed by atoms with E-state index in [1.54, 1.807) is 0 Å². The quantitative estimate of drug-likeness (QED) is 0.871. The molecule has 0 radical (unpaired) electrons. The third-order valence-corrected chi connectivity index (χ3v) is 4.25. The van der Waals surface area contributed by atoms with Crippen LogP contribution >= 0.6 is 0 Å². The molecule has 3 heteroatoms. The molecule has 1 N–H and O–H groups in total. The van der Waals surface area contributed by atoms with Gasteiger partial charge < -0.3 is 9.84 Å². The van der Waals surface area contributed by atoms with Gasteiger partial charge in [0.2, 0.25) is 0 Å². The second-order valence-corrected chi connectivity index (χ2v) is 5.26. The first kappa shape index (κ1) is 10.6. The van der Waals surface area contributed by atoms with E-state index in [9.17, 15) is 9.90 Å². The normalized spacial score (nSPS) is 34.8. The van der Waals surface area contributed by atoms with Crippen LogP contribution in [0.25, 0.3) is 0 Å². The molecule has 3 rings (SSSR count). The third kappa shape index (κ3) is 1.70. The maximum Gasteiger partial charge on any atom is 0.309 e. The molecule has 0 heterocycles. The van der Waals surface area contributed by atoms with E-state index in [-0.39, 0.29) is 6.10 Å². The van der Waals surface area contributed by atoms with E-state index >= 15 is 0 Å². The zero-order valence-corrected chi connectivity index (χ0v) is 9.63. The van der Waals surface area contributed by atoms with Crippen LogP contribution in [0.15, 0.2) is 30.3 Å². The van der Waals surface area contributed by atoms with Crippen molar-refractivity contribution in [3.05, 3.63) is 30.3 Å². The lowest BCUT2D eigenvalue weighted by Crippen LogP contribution is -2.31. The van der Waals surface area contributed by atoms with Gasteiger partial charge in [-0.3, -0.25) is 4.79 Å². The molecule has 2 bridgehead atoms. The number of carbonyl (C=O) groups is 1. The third-order valence-electron chi connectivity index (χ3n) is 4.25. The van der Waals surface area contributed by atoms with Crippen LogP contribution in [0.4, 0.5) is 0 Å². The first-order valence-electron chi connectivity index (χ1n) is 6.15. The fourth-order valence-corrected chi connectivity index (χ4v) is 3.32. The Bertz CT molecular complexity index is 428. The second-order valence-electron chi connectivity index (χ2n) is 5.26. The van der Waals surface area contributed by atoms with Crippen LogP contribution in [-0.4, -0.2) is 17.2 Å². The summed E-state index contributed by atoms with van der Waals surface area (Å²) >= 11 is 0. The van der Waals surface area contributed by atoms with Crippen molar-refractivity contribution in [3.63, 3.8) is 0 Å². The number of fused-ring (bicyclic) bond motifs is 2. The van der Waals surface area contributed by atoms with E-state index in [4.69, 9.17) is 4.74 Å². The number of rotatable bonds is 3. The summed E-state index contributed by atoms with van der Waals surface area (Å²) in [5.74, 6) is 0.635. The van der Waals surface area contributed by atoms with E-state index in [0.29, 0.717) is 12.3 Å². The number of ether oxygens (including phenoxy) is 1. The number of benzene rings is 1. The molecule has 0 spiro atoms. The SMILES string of the molecule is O=C(O)C12CCC(C1)C(Oc1ccccc1)C2. The highest BCUT2D eigenvalue weighted by Crippen LogP contribution is 2.55. The minimum Gasteiger partial charge on any atom is -0.490 e. The average Bonchev–Trinajstić information content (AvgIpc) is 2.89. The molecule has 2 aliphatic rings. The highest BCUT2D eigenvalue weighted by molar-refractivity contribution is 5.75. The van der Waals surface area contributed by atoms with Gasteiger partial charge in [-0.1, -0.05) is 18.2 Å². The van der Waals surface area contributed by atoms with Crippen molar-refractivity contribution in [2.24, 2.45) is 11.3 Å². The topological polar surface area (TPSA) is 46.5 Å². The van der Waals surface area contributed by atoms with Crippen LogP contribution in [0, 0.1) is 11.3 Å². The molecule has 0 aliphatic heterocycles. The molecule has 1 aromatic carbocycles. The Morgan fingerprint density at radius 3 is 2.71 bits per heavy atom. The summed E-state index contributed by atoms with van der Waals surface area (Å²) in [5.41, 5.74) is -0.496. The van der Waals surface area contributed by atoms with Crippen molar-refractivity contribution in [2.75, 3.05) is 0 Å². The smallest absolute Gasteiger partial charge is 0.309 e. The number of para-hydroxylation sites is 1. The summed E-state index contributed by atoms with van der Waals surface area (Å²) in [5, 5.41) is 9.32. The summed E-state index contributed by atoms with van der Waals surface area (Å²) in [6.07, 6.45) is 3.36. The summed E-state index contributed by atoms with van der Waals surface area (Å²) in [6.45, 7) is 0. The van der Waals surface area contributed by atoms with Crippen molar-refractivity contribution >= 4 is 5.97 Å². The molecule has 2 aliphatic carbocycles. The van der Waals surface area contributed by atoms with Gasteiger partial charge in [0.05, 0.1) is 5.41 Å². The number of aliphatic carboxylic acids is 1. The molecule has 1 aromatic rings. The molecule has 90 valence electrons. The zero-order chi connectivity index (χ0) is 11.9. The largest absolute Gasteiger partial charge is 0.490 e. The molecule has 0 aromatic heterocycles. The van der Waals surface area contributed by atoms with Crippen LogP contribution in [0.5, 0.6) is 5.75 Å². The van der Waals surface area contributed by atoms with E-state index in [1.807, 2.05) is 30.3 Å². The molecule has 2 fully saturated rings. The highest BCUT2D eigenvalue weighted by atomic mass is 16.5. The van der Waals surface area contributed by atoms with Gasteiger partial charge in [0, 0.05) is 6.42 Å². The predicted octanol–water partition coefficient (Wildman–Crippen LogP) is 2.71. The number of carboxylic acids is 1. The number of carboxylic acid groups (broad SMARTS) is 1. The molecular weight excluding hydrogens is 216 g/mol. The lowest BCUT2D eigenvalue weighted by Gasteiger charge is -2.27. The van der Waals surface area contributed by atoms with E-state index < -0.39 is 11.4 Å². The van der Waals surface area contributed by atoms with Crippen molar-refractivity contribution in [2.45, 2.75) is 31.8 Å². The lowest BCUT2D eigenvalue weighted by molar-refractivity contribution is -0.149. The van der Waals surface area contributed by atoms with Gasteiger partial charge in [-0.05, 0) is 37.3 Å². The zero-order valence-electron chi connectivity index (χ0n) is 9.63. The Hall–Kier alpha value is -1.51. The van der Waals surface area contributed by atoms with Gasteiger partial charge in [0.15, 0.2) is 0 Å². The van der Waals surface area contributed by atoms with Crippen LogP contribution in [-0.2, 0) is 4.79 Å². The molecule has 3 nitrogen and oxygen atoms in total. The van der Waals surface area contributed by atoms with Gasteiger partial charge in [0.1, 0.15) is 11.9 Å². The Morgan fingerprint density at radius 1 is 1.29 bits per heavy atom. The standard InChI is InChI=1S/C14H16O3/c15-13(16)14-7-6-10(8-14)12(9-14)17-11-4-2-1-3-5-11/h1-5,10,12H,6-9H2,(H,15,16). The Kier molecular flexibility index (Phi) is 2.35. The van der Waals surface area contributed by atoms with Gasteiger partial charge in [-0.15, -0.1) is 0 Å². The molecule has 3 atom stereocenters. The monoisotopic (exact) mass is 232 g/mol. The molecule has 0 saturated heterocycles. The van der Waals surface area contributed by atoms with Crippen molar-refractivity contribution in [1.82, 2.24) is 0 Å². The van der Waals surface area contributed by atoms with E-state index in [0.717, 1.165) is 25.0 Å². The van der Waals surface area contributed by atoms with Crippen LogP contribution in [0.3, 0.4) is 0 Å². The predicted molar refractivity (Wildman–Crippen MR) is 62.9 cm³/mol. The Morgan fingerprint density at radius 2 is 2.06 bits per heavy atom. The Balaban J connectivity index is 1.74. The molecular formula is C14H16O3. The molecule has 0 amide bonds. The fourth-order valence-electron chi connectivity index (χ4n) is 3.32. The van der Waals surface area contributed by atoms with Gasteiger partial charge in [-0.2, -0.15) is 0 Å². The van der Waals surface area contributed by atoms with Crippen LogP contribution in [0.1, 0.15) is 25.7 Å². The Labute approximate surface area is 100 Å².